The Balaban J connectivity index is 2.20. The molecule has 0 atom stereocenters. The Labute approximate surface area is 92.0 Å². The van der Waals surface area contributed by atoms with Crippen molar-refractivity contribution in [3.05, 3.63) is 30.5 Å². The number of nitrogens with two attached hydrogens (primary N) is 2. The van der Waals surface area contributed by atoms with E-state index < -0.39 is 0 Å². The lowest BCUT2D eigenvalue weighted by Crippen LogP contribution is -1.99. The molecule has 0 amide bonds. The van der Waals surface area contributed by atoms with Crippen LogP contribution in [0.3, 0.4) is 0 Å². The van der Waals surface area contributed by atoms with E-state index >= 15 is 0 Å². The standard InChI is InChI=1S/C10H11N5O/c11-6-1-3-7(4-2-6)14-10-13-5-8(12)9(16)15-10/h1-5H,11-12H2,(H2,13,14,15,16). The van der Waals surface area contributed by atoms with Crippen molar-refractivity contribution >= 4 is 23.0 Å². The van der Waals surface area contributed by atoms with Crippen LogP contribution in [-0.2, 0) is 0 Å². The summed E-state index contributed by atoms with van der Waals surface area (Å²) in [6, 6.07) is 7.07. The molecule has 0 saturated carbocycles. The molecule has 1 aromatic heterocycles. The molecule has 2 rings (SSSR count). The van der Waals surface area contributed by atoms with E-state index in [0.717, 1.165) is 5.69 Å². The van der Waals surface area contributed by atoms with Gasteiger partial charge in [-0.3, -0.25) is 0 Å². The van der Waals surface area contributed by atoms with Gasteiger partial charge in [0.15, 0.2) is 0 Å². The first-order chi connectivity index (χ1) is 7.65. The first kappa shape index (κ1) is 10.0. The number of anilines is 4. The van der Waals surface area contributed by atoms with Crippen LogP contribution in [0.1, 0.15) is 0 Å². The van der Waals surface area contributed by atoms with Gasteiger partial charge in [0.25, 0.3) is 0 Å². The zero-order chi connectivity index (χ0) is 11.5. The van der Waals surface area contributed by atoms with Crippen LogP contribution in [0.2, 0.25) is 0 Å². The van der Waals surface area contributed by atoms with Crippen molar-refractivity contribution in [2.24, 2.45) is 0 Å². The predicted octanol–water partition coefficient (Wildman–Crippen LogP) is 1.09. The van der Waals surface area contributed by atoms with Gasteiger partial charge < -0.3 is 21.9 Å². The van der Waals surface area contributed by atoms with Crippen molar-refractivity contribution in [3.8, 4) is 5.88 Å². The lowest BCUT2D eigenvalue weighted by Gasteiger charge is -2.05. The van der Waals surface area contributed by atoms with Crippen molar-refractivity contribution in [3.63, 3.8) is 0 Å². The van der Waals surface area contributed by atoms with Gasteiger partial charge in [-0.2, -0.15) is 4.98 Å². The molecule has 82 valence electrons. The Kier molecular flexibility index (Phi) is 2.47. The first-order valence-electron chi connectivity index (χ1n) is 4.59. The molecular formula is C10H11N5O. The Morgan fingerprint density at radius 3 is 2.44 bits per heavy atom. The molecule has 6 N–H and O–H groups in total. The smallest absolute Gasteiger partial charge is 0.239 e. The van der Waals surface area contributed by atoms with Crippen LogP contribution in [-0.4, -0.2) is 15.1 Å². The van der Waals surface area contributed by atoms with Gasteiger partial charge in [0.05, 0.1) is 6.20 Å². The molecular weight excluding hydrogens is 206 g/mol. The average Bonchev–Trinajstić information content (AvgIpc) is 2.27. The van der Waals surface area contributed by atoms with Crippen LogP contribution >= 0.6 is 0 Å². The summed E-state index contributed by atoms with van der Waals surface area (Å²) in [6.07, 6.45) is 1.34. The molecule has 6 nitrogen and oxygen atoms in total. The largest absolute Gasteiger partial charge is 0.492 e. The highest BCUT2D eigenvalue weighted by Gasteiger charge is 2.02. The van der Waals surface area contributed by atoms with E-state index in [4.69, 9.17) is 11.5 Å². The summed E-state index contributed by atoms with van der Waals surface area (Å²) in [5.41, 5.74) is 12.5. The van der Waals surface area contributed by atoms with Gasteiger partial charge in [-0.1, -0.05) is 0 Å². The molecule has 2 aromatic rings. The molecule has 0 radical (unpaired) electrons. The monoisotopic (exact) mass is 217 g/mol. The minimum Gasteiger partial charge on any atom is -0.492 e. The third kappa shape index (κ3) is 2.11. The number of rotatable bonds is 2. The topological polar surface area (TPSA) is 110 Å². The summed E-state index contributed by atoms with van der Waals surface area (Å²) in [7, 11) is 0. The van der Waals surface area contributed by atoms with Gasteiger partial charge in [0.1, 0.15) is 5.69 Å². The van der Waals surface area contributed by atoms with Gasteiger partial charge >= 0.3 is 0 Å². The number of nitrogen functional groups attached to an aromatic ring is 2. The van der Waals surface area contributed by atoms with Gasteiger partial charge in [-0.05, 0) is 24.3 Å². The maximum Gasteiger partial charge on any atom is 0.239 e. The van der Waals surface area contributed by atoms with Crippen LogP contribution in [0.4, 0.5) is 23.0 Å². The van der Waals surface area contributed by atoms with Gasteiger partial charge in [0.2, 0.25) is 11.8 Å². The van der Waals surface area contributed by atoms with Crippen LogP contribution in [0.25, 0.3) is 0 Å². The van der Waals surface area contributed by atoms with E-state index in [1.165, 1.54) is 6.20 Å². The van der Waals surface area contributed by atoms with Gasteiger partial charge in [-0.25, -0.2) is 4.98 Å². The molecule has 1 aromatic carbocycles. The van der Waals surface area contributed by atoms with Crippen molar-refractivity contribution in [1.82, 2.24) is 9.97 Å². The van der Waals surface area contributed by atoms with Crippen LogP contribution in [0, 0.1) is 0 Å². The fourth-order valence-corrected chi connectivity index (χ4v) is 1.14. The minimum absolute atomic E-state index is 0.142. The van der Waals surface area contributed by atoms with Crippen LogP contribution in [0.5, 0.6) is 5.88 Å². The van der Waals surface area contributed by atoms with E-state index in [1.54, 1.807) is 24.3 Å². The number of nitrogens with one attached hydrogen (secondary N) is 1. The molecule has 0 unspecified atom stereocenters. The summed E-state index contributed by atoms with van der Waals surface area (Å²) in [6.45, 7) is 0. The molecule has 0 bridgehead atoms. The zero-order valence-electron chi connectivity index (χ0n) is 8.38. The molecule has 0 spiro atoms. The third-order valence-corrected chi connectivity index (χ3v) is 1.96. The minimum atomic E-state index is -0.243. The second kappa shape index (κ2) is 3.93. The number of hydrogen-bond acceptors (Lipinski definition) is 6. The molecule has 0 fully saturated rings. The predicted molar refractivity (Wildman–Crippen MR) is 62.2 cm³/mol. The van der Waals surface area contributed by atoms with Crippen molar-refractivity contribution < 1.29 is 5.11 Å². The van der Waals surface area contributed by atoms with Crippen molar-refractivity contribution in [2.75, 3.05) is 16.8 Å². The second-order valence-electron chi connectivity index (χ2n) is 3.22. The Morgan fingerprint density at radius 2 is 1.81 bits per heavy atom. The lowest BCUT2D eigenvalue weighted by molar-refractivity contribution is 0.456. The van der Waals surface area contributed by atoms with E-state index in [0.29, 0.717) is 5.69 Å². The summed E-state index contributed by atoms with van der Waals surface area (Å²) in [5.74, 6) is 0.0319. The Morgan fingerprint density at radius 1 is 1.12 bits per heavy atom. The van der Waals surface area contributed by atoms with Gasteiger partial charge in [0, 0.05) is 11.4 Å². The number of benzene rings is 1. The van der Waals surface area contributed by atoms with Crippen molar-refractivity contribution in [1.29, 1.82) is 0 Å². The molecule has 0 saturated heterocycles. The molecule has 1 heterocycles. The molecule has 0 aliphatic heterocycles. The zero-order valence-corrected chi connectivity index (χ0v) is 8.38. The fraction of sp³-hybridized carbons (Fsp3) is 0. The molecule has 16 heavy (non-hydrogen) atoms. The number of aromatic hydroxyl groups is 1. The normalized spacial score (nSPS) is 10.0. The molecule has 6 heteroatoms. The highest BCUT2D eigenvalue weighted by Crippen LogP contribution is 2.19. The number of aromatic nitrogens is 2. The number of nitrogens with zero attached hydrogens (tertiary/aromatic N) is 2. The van der Waals surface area contributed by atoms with E-state index in [2.05, 4.69) is 15.3 Å². The number of hydrogen-bond donors (Lipinski definition) is 4. The second-order valence-corrected chi connectivity index (χ2v) is 3.22. The van der Waals surface area contributed by atoms with E-state index in [1.807, 2.05) is 0 Å². The van der Waals surface area contributed by atoms with Crippen LogP contribution < -0.4 is 16.8 Å². The SMILES string of the molecule is Nc1ccc(Nc2ncc(N)c(O)n2)cc1. The summed E-state index contributed by atoms with van der Waals surface area (Å²) < 4.78 is 0. The summed E-state index contributed by atoms with van der Waals surface area (Å²) >= 11 is 0. The third-order valence-electron chi connectivity index (χ3n) is 1.96. The highest BCUT2D eigenvalue weighted by molar-refractivity contribution is 5.58. The molecule has 0 aliphatic carbocycles. The van der Waals surface area contributed by atoms with Crippen molar-refractivity contribution in [2.45, 2.75) is 0 Å². The van der Waals surface area contributed by atoms with Crippen LogP contribution in [0.15, 0.2) is 30.5 Å². The molecule has 0 aliphatic rings. The highest BCUT2D eigenvalue weighted by atomic mass is 16.3. The maximum absolute atomic E-state index is 9.29. The summed E-state index contributed by atoms with van der Waals surface area (Å²) in [4.78, 5) is 7.69. The summed E-state index contributed by atoms with van der Waals surface area (Å²) in [5, 5.41) is 12.2. The Hall–Kier alpha value is -2.50. The van der Waals surface area contributed by atoms with Gasteiger partial charge in [-0.15, -0.1) is 0 Å². The van der Waals surface area contributed by atoms with E-state index in [-0.39, 0.29) is 17.5 Å². The average molecular weight is 217 g/mol. The maximum atomic E-state index is 9.29. The first-order valence-corrected chi connectivity index (χ1v) is 4.59. The lowest BCUT2D eigenvalue weighted by atomic mass is 10.3. The fourth-order valence-electron chi connectivity index (χ4n) is 1.14. The van der Waals surface area contributed by atoms with E-state index in [9.17, 15) is 5.11 Å². The Bertz CT molecular complexity index is 497. The quantitative estimate of drug-likeness (QED) is 0.560.